The third-order valence-electron chi connectivity index (χ3n) is 2.67. The third kappa shape index (κ3) is 3.03. The molecule has 2 nitrogen and oxygen atoms in total. The summed E-state index contributed by atoms with van der Waals surface area (Å²) in [6.07, 6.45) is 1.33. The van der Waals surface area contributed by atoms with E-state index in [1.54, 1.807) is 0 Å². The van der Waals surface area contributed by atoms with Gasteiger partial charge in [-0.05, 0) is 44.0 Å². The van der Waals surface area contributed by atoms with Gasteiger partial charge in [0.25, 0.3) is 0 Å². The molecule has 1 heterocycles. The van der Waals surface area contributed by atoms with Crippen LogP contribution in [-0.4, -0.2) is 19.2 Å². The molecular formula is C12H17Cl2NO. The highest BCUT2D eigenvalue weighted by molar-refractivity contribution is 6.32. The maximum Gasteiger partial charge on any atom is 0.141 e. The molecule has 0 saturated carbocycles. The summed E-state index contributed by atoms with van der Waals surface area (Å²) in [5, 5.41) is 4.00. The van der Waals surface area contributed by atoms with Gasteiger partial charge in [-0.2, -0.15) is 0 Å². The van der Waals surface area contributed by atoms with E-state index < -0.39 is 0 Å². The monoisotopic (exact) mass is 261 g/mol. The molecule has 0 amide bonds. The molecule has 1 aromatic rings. The lowest BCUT2D eigenvalue weighted by atomic mass is 10.1. The van der Waals surface area contributed by atoms with Crippen molar-refractivity contribution in [3.63, 3.8) is 0 Å². The first-order chi connectivity index (χ1) is 7.16. The van der Waals surface area contributed by atoms with E-state index in [4.69, 9.17) is 16.3 Å². The molecule has 1 saturated heterocycles. The van der Waals surface area contributed by atoms with Crippen molar-refractivity contribution in [3.8, 4) is 5.75 Å². The summed E-state index contributed by atoms with van der Waals surface area (Å²) in [7, 11) is 0. The van der Waals surface area contributed by atoms with Crippen LogP contribution in [0.15, 0.2) is 12.1 Å². The number of halogens is 2. The second-order valence-electron chi connectivity index (χ2n) is 4.13. The lowest BCUT2D eigenvalue weighted by Gasteiger charge is -2.16. The van der Waals surface area contributed by atoms with Crippen LogP contribution in [0.1, 0.15) is 17.5 Å². The quantitative estimate of drug-likeness (QED) is 0.884. The lowest BCUT2D eigenvalue weighted by molar-refractivity contribution is 0.221. The summed E-state index contributed by atoms with van der Waals surface area (Å²) in [4.78, 5) is 0. The van der Waals surface area contributed by atoms with E-state index in [2.05, 4.69) is 11.4 Å². The van der Waals surface area contributed by atoms with E-state index in [9.17, 15) is 0 Å². The zero-order valence-corrected chi connectivity index (χ0v) is 11.1. The van der Waals surface area contributed by atoms with Gasteiger partial charge in [-0.1, -0.05) is 17.7 Å². The molecule has 1 aliphatic rings. The second-order valence-corrected chi connectivity index (χ2v) is 4.53. The largest absolute Gasteiger partial charge is 0.487 e. The number of benzene rings is 1. The van der Waals surface area contributed by atoms with Gasteiger partial charge in [0.1, 0.15) is 11.9 Å². The highest BCUT2D eigenvalue weighted by atomic mass is 35.5. The van der Waals surface area contributed by atoms with Crippen molar-refractivity contribution in [2.24, 2.45) is 0 Å². The summed E-state index contributed by atoms with van der Waals surface area (Å²) in [5.41, 5.74) is 2.29. The normalized spacial score (nSPS) is 19.3. The van der Waals surface area contributed by atoms with E-state index >= 15 is 0 Å². The van der Waals surface area contributed by atoms with E-state index in [0.717, 1.165) is 35.8 Å². The molecule has 0 radical (unpaired) electrons. The highest BCUT2D eigenvalue weighted by Crippen LogP contribution is 2.31. The van der Waals surface area contributed by atoms with Gasteiger partial charge in [0.2, 0.25) is 0 Å². The number of aryl methyl sites for hydroxylation is 2. The Kier molecular flexibility index (Phi) is 4.90. The molecular weight excluding hydrogens is 245 g/mol. The number of ether oxygens (including phenoxy) is 1. The van der Waals surface area contributed by atoms with Crippen LogP contribution in [0.25, 0.3) is 0 Å². The summed E-state index contributed by atoms with van der Waals surface area (Å²) in [6, 6.07) is 4.05. The van der Waals surface area contributed by atoms with Gasteiger partial charge in [0.05, 0.1) is 5.02 Å². The van der Waals surface area contributed by atoms with Crippen LogP contribution in [0.3, 0.4) is 0 Å². The Labute approximate surface area is 108 Å². The smallest absolute Gasteiger partial charge is 0.141 e. The summed E-state index contributed by atoms with van der Waals surface area (Å²) < 4.78 is 5.90. The van der Waals surface area contributed by atoms with Gasteiger partial charge in [-0.25, -0.2) is 0 Å². The van der Waals surface area contributed by atoms with Crippen molar-refractivity contribution in [3.05, 3.63) is 28.3 Å². The van der Waals surface area contributed by atoms with Gasteiger partial charge in [0.15, 0.2) is 0 Å². The fourth-order valence-corrected chi connectivity index (χ4v) is 2.31. The second kappa shape index (κ2) is 5.76. The van der Waals surface area contributed by atoms with Crippen molar-refractivity contribution in [1.82, 2.24) is 5.32 Å². The van der Waals surface area contributed by atoms with Gasteiger partial charge in [-0.3, -0.25) is 0 Å². The van der Waals surface area contributed by atoms with Crippen LogP contribution >= 0.6 is 24.0 Å². The molecule has 4 heteroatoms. The van der Waals surface area contributed by atoms with Crippen LogP contribution < -0.4 is 10.1 Å². The van der Waals surface area contributed by atoms with Crippen LogP contribution in [0, 0.1) is 13.8 Å². The molecule has 1 fully saturated rings. The predicted molar refractivity (Wildman–Crippen MR) is 70.1 cm³/mol. The van der Waals surface area contributed by atoms with Gasteiger partial charge in [-0.15, -0.1) is 12.4 Å². The van der Waals surface area contributed by atoms with Gasteiger partial charge < -0.3 is 10.1 Å². The SMILES string of the molecule is Cc1cc(C)c(OC2CCNC2)c(Cl)c1.Cl. The Balaban J connectivity index is 0.00000128. The van der Waals surface area contributed by atoms with E-state index in [1.807, 2.05) is 19.9 Å². The molecule has 1 N–H and O–H groups in total. The minimum Gasteiger partial charge on any atom is -0.487 e. The zero-order chi connectivity index (χ0) is 10.8. The molecule has 0 spiro atoms. The van der Waals surface area contributed by atoms with Crippen LogP contribution in [0.2, 0.25) is 5.02 Å². The molecule has 0 aliphatic carbocycles. The minimum absolute atomic E-state index is 0. The summed E-state index contributed by atoms with van der Waals surface area (Å²) >= 11 is 6.17. The maximum atomic E-state index is 6.17. The molecule has 2 rings (SSSR count). The highest BCUT2D eigenvalue weighted by Gasteiger charge is 2.18. The first-order valence-corrected chi connectivity index (χ1v) is 5.69. The van der Waals surface area contributed by atoms with Crippen molar-refractivity contribution >= 4 is 24.0 Å². The fraction of sp³-hybridized carbons (Fsp3) is 0.500. The molecule has 16 heavy (non-hydrogen) atoms. The molecule has 0 aromatic heterocycles. The van der Waals surface area contributed by atoms with E-state index in [1.165, 1.54) is 5.56 Å². The van der Waals surface area contributed by atoms with Crippen molar-refractivity contribution in [2.75, 3.05) is 13.1 Å². The molecule has 1 aromatic carbocycles. The Morgan fingerprint density at radius 3 is 2.69 bits per heavy atom. The molecule has 1 unspecified atom stereocenters. The number of nitrogens with one attached hydrogen (secondary N) is 1. The zero-order valence-electron chi connectivity index (χ0n) is 9.55. The van der Waals surface area contributed by atoms with Gasteiger partial charge >= 0.3 is 0 Å². The number of rotatable bonds is 2. The minimum atomic E-state index is 0. The molecule has 0 bridgehead atoms. The molecule has 1 atom stereocenters. The van der Waals surface area contributed by atoms with Gasteiger partial charge in [0, 0.05) is 6.54 Å². The molecule has 1 aliphatic heterocycles. The average molecular weight is 262 g/mol. The third-order valence-corrected chi connectivity index (χ3v) is 2.95. The van der Waals surface area contributed by atoms with Crippen LogP contribution in [0.4, 0.5) is 0 Å². The Morgan fingerprint density at radius 2 is 2.12 bits per heavy atom. The Hall–Kier alpha value is -0.440. The van der Waals surface area contributed by atoms with Crippen LogP contribution in [-0.2, 0) is 0 Å². The maximum absolute atomic E-state index is 6.17. The van der Waals surface area contributed by atoms with Crippen molar-refractivity contribution in [2.45, 2.75) is 26.4 Å². The van der Waals surface area contributed by atoms with E-state index in [-0.39, 0.29) is 18.5 Å². The van der Waals surface area contributed by atoms with Crippen molar-refractivity contribution in [1.29, 1.82) is 0 Å². The molecule has 90 valence electrons. The topological polar surface area (TPSA) is 21.3 Å². The Bertz CT molecular complexity index is 339. The fourth-order valence-electron chi connectivity index (χ4n) is 1.95. The summed E-state index contributed by atoms with van der Waals surface area (Å²) in [6.45, 7) is 6.03. The Morgan fingerprint density at radius 1 is 1.38 bits per heavy atom. The van der Waals surface area contributed by atoms with E-state index in [0.29, 0.717) is 0 Å². The number of hydrogen-bond acceptors (Lipinski definition) is 2. The van der Waals surface area contributed by atoms with Crippen LogP contribution in [0.5, 0.6) is 5.75 Å². The van der Waals surface area contributed by atoms with Crippen molar-refractivity contribution < 1.29 is 4.74 Å². The first kappa shape index (κ1) is 13.6. The summed E-state index contributed by atoms with van der Waals surface area (Å²) in [5.74, 6) is 0.843. The lowest BCUT2D eigenvalue weighted by Crippen LogP contribution is -2.20. The first-order valence-electron chi connectivity index (χ1n) is 5.31. The average Bonchev–Trinajstić information content (AvgIpc) is 2.63. The standard InChI is InChI=1S/C12H16ClNO.ClH/c1-8-5-9(2)12(11(13)6-8)15-10-3-4-14-7-10;/h5-6,10,14H,3-4,7H2,1-2H3;1H. The number of hydrogen-bond donors (Lipinski definition) is 1. The predicted octanol–water partition coefficient (Wildman–Crippen LogP) is 3.12.